The van der Waals surface area contributed by atoms with Crippen molar-refractivity contribution in [2.24, 2.45) is 0 Å². The van der Waals surface area contributed by atoms with E-state index in [1.807, 2.05) is 6.07 Å². The number of hydrogen-bond donors (Lipinski definition) is 2. The van der Waals surface area contributed by atoms with Crippen LogP contribution in [0.5, 0.6) is 0 Å². The first-order valence-electron chi connectivity index (χ1n) is 8.52. The number of carbonyl (C=O) groups is 1. The third-order valence-corrected chi connectivity index (χ3v) is 4.40. The van der Waals surface area contributed by atoms with Gasteiger partial charge in [0, 0.05) is 43.6 Å². The van der Waals surface area contributed by atoms with E-state index in [1.54, 1.807) is 12.1 Å². The number of halogens is 1. The van der Waals surface area contributed by atoms with Gasteiger partial charge in [0.1, 0.15) is 11.6 Å². The molecule has 1 unspecified atom stereocenters. The number of amides is 1. The first kappa shape index (κ1) is 17.4. The first-order valence-corrected chi connectivity index (χ1v) is 8.52. The fourth-order valence-corrected chi connectivity index (χ4v) is 3.17. The van der Waals surface area contributed by atoms with Crippen molar-refractivity contribution in [2.45, 2.75) is 38.3 Å². The van der Waals surface area contributed by atoms with E-state index in [2.05, 4.69) is 15.4 Å². The Morgan fingerprint density at radius 2 is 2.24 bits per heavy atom. The quantitative estimate of drug-likeness (QED) is 0.836. The van der Waals surface area contributed by atoms with Gasteiger partial charge in [0.05, 0.1) is 0 Å². The summed E-state index contributed by atoms with van der Waals surface area (Å²) in [7, 11) is 0. The maximum absolute atomic E-state index is 13.8. The van der Waals surface area contributed by atoms with Crippen LogP contribution < -0.4 is 10.9 Å². The van der Waals surface area contributed by atoms with Gasteiger partial charge in [-0.05, 0) is 25.5 Å². The van der Waals surface area contributed by atoms with Crippen LogP contribution in [-0.4, -0.2) is 35.1 Å². The van der Waals surface area contributed by atoms with Crippen molar-refractivity contribution in [3.63, 3.8) is 0 Å². The SMILES string of the molecule is O=C(CCc1cc(=O)[nH]o1)NC1CCCN(Cc2ccccc2F)C1. The van der Waals surface area contributed by atoms with Crippen molar-refractivity contribution in [1.29, 1.82) is 0 Å². The van der Waals surface area contributed by atoms with E-state index in [9.17, 15) is 14.0 Å². The summed E-state index contributed by atoms with van der Waals surface area (Å²) in [6.45, 7) is 2.15. The molecule has 2 aromatic rings. The second kappa shape index (κ2) is 8.11. The molecule has 2 N–H and O–H groups in total. The highest BCUT2D eigenvalue weighted by molar-refractivity contribution is 5.76. The largest absolute Gasteiger partial charge is 0.384 e. The van der Waals surface area contributed by atoms with Crippen LogP contribution in [0.2, 0.25) is 0 Å². The molecule has 1 fully saturated rings. The van der Waals surface area contributed by atoms with Crippen molar-refractivity contribution >= 4 is 5.91 Å². The number of aromatic amines is 1. The zero-order valence-electron chi connectivity index (χ0n) is 14.0. The van der Waals surface area contributed by atoms with E-state index < -0.39 is 0 Å². The minimum atomic E-state index is -0.300. The summed E-state index contributed by atoms with van der Waals surface area (Å²) in [4.78, 5) is 25.2. The monoisotopic (exact) mass is 347 g/mol. The molecule has 1 aromatic carbocycles. The molecule has 134 valence electrons. The van der Waals surface area contributed by atoms with Crippen LogP contribution in [0.25, 0.3) is 0 Å². The molecule has 0 bridgehead atoms. The molecule has 7 heteroatoms. The normalized spacial score (nSPS) is 18.2. The van der Waals surface area contributed by atoms with Gasteiger partial charge in [-0.25, -0.2) is 4.39 Å². The molecule has 1 atom stereocenters. The molecule has 0 aliphatic carbocycles. The van der Waals surface area contributed by atoms with E-state index in [1.165, 1.54) is 12.1 Å². The standard InChI is InChI=1S/C18H22FN3O3/c19-16-6-2-1-4-13(16)11-22-9-3-5-14(12-22)20-17(23)8-7-15-10-18(24)21-25-15/h1-2,4,6,10,14H,3,5,7-9,11-12H2,(H,20,23)(H,21,24). The second-order valence-corrected chi connectivity index (χ2v) is 6.41. The fourth-order valence-electron chi connectivity index (χ4n) is 3.17. The van der Waals surface area contributed by atoms with Crippen molar-refractivity contribution in [2.75, 3.05) is 13.1 Å². The van der Waals surface area contributed by atoms with E-state index in [0.717, 1.165) is 19.4 Å². The predicted octanol–water partition coefficient (Wildman–Crippen LogP) is 1.82. The molecule has 1 saturated heterocycles. The average molecular weight is 347 g/mol. The van der Waals surface area contributed by atoms with Crippen LogP contribution in [-0.2, 0) is 17.8 Å². The third-order valence-electron chi connectivity index (χ3n) is 4.40. The summed E-state index contributed by atoms with van der Waals surface area (Å²) >= 11 is 0. The zero-order chi connectivity index (χ0) is 17.6. The lowest BCUT2D eigenvalue weighted by Crippen LogP contribution is -2.47. The van der Waals surface area contributed by atoms with Crippen LogP contribution >= 0.6 is 0 Å². The molecule has 0 saturated carbocycles. The summed E-state index contributed by atoms with van der Waals surface area (Å²) in [5.41, 5.74) is 0.378. The Morgan fingerprint density at radius 1 is 1.40 bits per heavy atom. The Bertz CT molecular complexity index is 771. The molecule has 3 rings (SSSR count). The molecular weight excluding hydrogens is 325 g/mol. The summed E-state index contributed by atoms with van der Waals surface area (Å²) in [6, 6.07) is 8.20. The maximum Gasteiger partial charge on any atom is 0.280 e. The Labute approximate surface area is 145 Å². The molecule has 0 radical (unpaired) electrons. The fraction of sp³-hybridized carbons (Fsp3) is 0.444. The van der Waals surface area contributed by atoms with Crippen LogP contribution in [0, 0.1) is 5.82 Å². The third kappa shape index (κ3) is 5.03. The second-order valence-electron chi connectivity index (χ2n) is 6.41. The van der Waals surface area contributed by atoms with Gasteiger partial charge in [-0.3, -0.25) is 14.5 Å². The predicted molar refractivity (Wildman–Crippen MR) is 90.5 cm³/mol. The van der Waals surface area contributed by atoms with Gasteiger partial charge in [-0.1, -0.05) is 18.2 Å². The highest BCUT2D eigenvalue weighted by Crippen LogP contribution is 2.16. The lowest BCUT2D eigenvalue weighted by Gasteiger charge is -2.33. The molecule has 1 aromatic heterocycles. The van der Waals surface area contributed by atoms with E-state index in [0.29, 0.717) is 30.8 Å². The van der Waals surface area contributed by atoms with Gasteiger partial charge in [-0.2, -0.15) is 5.16 Å². The molecule has 1 amide bonds. The molecule has 25 heavy (non-hydrogen) atoms. The van der Waals surface area contributed by atoms with Crippen LogP contribution in [0.1, 0.15) is 30.6 Å². The van der Waals surface area contributed by atoms with Gasteiger partial charge in [0.2, 0.25) is 5.91 Å². The average Bonchev–Trinajstić information content (AvgIpc) is 3.01. The number of hydrogen-bond acceptors (Lipinski definition) is 4. The number of carbonyl (C=O) groups excluding carboxylic acids is 1. The van der Waals surface area contributed by atoms with Crippen molar-refractivity contribution in [3.8, 4) is 0 Å². The minimum Gasteiger partial charge on any atom is -0.384 e. The number of benzene rings is 1. The van der Waals surface area contributed by atoms with E-state index in [-0.39, 0.29) is 29.7 Å². The molecular formula is C18H22FN3O3. The lowest BCUT2D eigenvalue weighted by molar-refractivity contribution is -0.122. The highest BCUT2D eigenvalue weighted by atomic mass is 19.1. The number of nitrogens with zero attached hydrogens (tertiary/aromatic N) is 1. The number of rotatable bonds is 6. The summed E-state index contributed by atoms with van der Waals surface area (Å²) in [5, 5.41) is 5.23. The number of nitrogens with one attached hydrogen (secondary N) is 2. The van der Waals surface area contributed by atoms with Crippen LogP contribution in [0.15, 0.2) is 39.6 Å². The summed E-state index contributed by atoms with van der Waals surface area (Å²) in [5.74, 6) is 0.216. The molecule has 1 aliphatic heterocycles. The Balaban J connectivity index is 1.47. The number of aromatic nitrogens is 1. The zero-order valence-corrected chi connectivity index (χ0v) is 14.0. The lowest BCUT2D eigenvalue weighted by atomic mass is 10.0. The number of aryl methyl sites for hydroxylation is 1. The van der Waals surface area contributed by atoms with Crippen LogP contribution in [0.3, 0.4) is 0 Å². The summed E-state index contributed by atoms with van der Waals surface area (Å²) < 4.78 is 18.7. The van der Waals surface area contributed by atoms with Crippen molar-refractivity contribution < 1.29 is 13.7 Å². The Kier molecular flexibility index (Phi) is 5.65. The number of H-pyrrole nitrogens is 1. The van der Waals surface area contributed by atoms with Crippen molar-refractivity contribution in [3.05, 3.63) is 57.8 Å². The van der Waals surface area contributed by atoms with Gasteiger partial charge in [0.15, 0.2) is 0 Å². The van der Waals surface area contributed by atoms with Crippen LogP contribution in [0.4, 0.5) is 4.39 Å². The van der Waals surface area contributed by atoms with E-state index >= 15 is 0 Å². The highest BCUT2D eigenvalue weighted by Gasteiger charge is 2.22. The minimum absolute atomic E-state index is 0.0613. The number of likely N-dealkylation sites (tertiary alicyclic amines) is 1. The first-order chi connectivity index (χ1) is 12.1. The number of piperidine rings is 1. The maximum atomic E-state index is 13.8. The molecule has 6 nitrogen and oxygen atoms in total. The Morgan fingerprint density at radius 3 is 3.00 bits per heavy atom. The molecule has 2 heterocycles. The smallest absolute Gasteiger partial charge is 0.280 e. The van der Waals surface area contributed by atoms with E-state index in [4.69, 9.17) is 4.52 Å². The topological polar surface area (TPSA) is 78.3 Å². The molecule has 1 aliphatic rings. The van der Waals surface area contributed by atoms with Crippen molar-refractivity contribution in [1.82, 2.24) is 15.4 Å². The van der Waals surface area contributed by atoms with Gasteiger partial charge >= 0.3 is 0 Å². The van der Waals surface area contributed by atoms with Gasteiger partial charge in [0.25, 0.3) is 5.56 Å². The molecule has 0 spiro atoms. The Hall–Kier alpha value is -2.41. The van der Waals surface area contributed by atoms with Gasteiger partial charge < -0.3 is 9.84 Å². The van der Waals surface area contributed by atoms with Gasteiger partial charge in [-0.15, -0.1) is 0 Å². The summed E-state index contributed by atoms with van der Waals surface area (Å²) in [6.07, 6.45) is 2.53.